The van der Waals surface area contributed by atoms with Crippen LogP contribution in [0.3, 0.4) is 0 Å². The zero-order valence-electron chi connectivity index (χ0n) is 21.9. The molecular formula is C26H32N8O4S. The molecule has 5 rings (SSSR count). The van der Waals surface area contributed by atoms with Crippen molar-refractivity contribution in [3.63, 3.8) is 0 Å². The SMILES string of the molecule is COCCO[C@]1(C(=N)N)CC[C@H](c2nc3c(-c4cnn(-c5ccccc5)c4)cnn3c(N)c2S(C)(=O)=O)CC1. The van der Waals surface area contributed by atoms with E-state index in [0.717, 1.165) is 17.5 Å². The molecule has 0 bridgehead atoms. The third-order valence-corrected chi connectivity index (χ3v) is 8.45. The van der Waals surface area contributed by atoms with E-state index in [-0.39, 0.29) is 22.5 Å². The average molecular weight is 553 g/mol. The van der Waals surface area contributed by atoms with Gasteiger partial charge >= 0.3 is 0 Å². The van der Waals surface area contributed by atoms with E-state index in [9.17, 15) is 8.42 Å². The smallest absolute Gasteiger partial charge is 0.180 e. The molecule has 13 heteroatoms. The number of nitrogens with two attached hydrogens (primary N) is 2. The zero-order chi connectivity index (χ0) is 27.8. The summed E-state index contributed by atoms with van der Waals surface area (Å²) in [6.07, 6.45) is 8.26. The predicted octanol–water partition coefficient (Wildman–Crippen LogP) is 2.56. The number of ether oxygens (including phenoxy) is 2. The number of benzene rings is 1. The summed E-state index contributed by atoms with van der Waals surface area (Å²) in [5.41, 5.74) is 14.7. The Bertz CT molecular complexity index is 1610. The summed E-state index contributed by atoms with van der Waals surface area (Å²) in [6.45, 7) is 0.693. The van der Waals surface area contributed by atoms with Gasteiger partial charge in [-0.1, -0.05) is 18.2 Å². The van der Waals surface area contributed by atoms with Gasteiger partial charge in [0, 0.05) is 36.6 Å². The summed E-state index contributed by atoms with van der Waals surface area (Å²) in [5, 5.41) is 17.0. The van der Waals surface area contributed by atoms with E-state index in [2.05, 4.69) is 10.2 Å². The van der Waals surface area contributed by atoms with Crippen LogP contribution in [0.1, 0.15) is 37.3 Å². The fourth-order valence-electron chi connectivity index (χ4n) is 5.23. The highest BCUT2D eigenvalue weighted by molar-refractivity contribution is 7.91. The Morgan fingerprint density at radius 3 is 2.51 bits per heavy atom. The molecule has 1 aromatic carbocycles. The van der Waals surface area contributed by atoms with E-state index in [4.69, 9.17) is 31.3 Å². The lowest BCUT2D eigenvalue weighted by atomic mass is 9.76. The lowest BCUT2D eigenvalue weighted by Gasteiger charge is -2.39. The molecule has 1 aliphatic carbocycles. The number of nitrogen functional groups attached to an aromatic ring is 1. The summed E-state index contributed by atoms with van der Waals surface area (Å²) in [7, 11) is -2.15. The number of amidine groups is 1. The van der Waals surface area contributed by atoms with Crippen LogP contribution in [0.2, 0.25) is 0 Å². The minimum absolute atomic E-state index is 0.0129. The second-order valence-corrected chi connectivity index (χ2v) is 11.8. The number of methoxy groups -OCH3 is 1. The van der Waals surface area contributed by atoms with Crippen LogP contribution in [0.15, 0.2) is 53.8 Å². The number of hydrogen-bond donors (Lipinski definition) is 3. The van der Waals surface area contributed by atoms with Crippen molar-refractivity contribution >= 4 is 27.1 Å². The Morgan fingerprint density at radius 2 is 1.87 bits per heavy atom. The second-order valence-electron chi connectivity index (χ2n) is 9.81. The van der Waals surface area contributed by atoms with Gasteiger partial charge in [0.1, 0.15) is 22.2 Å². The summed E-state index contributed by atoms with van der Waals surface area (Å²) in [5.74, 6) is -0.258. The lowest BCUT2D eigenvalue weighted by Crippen LogP contribution is -2.49. The van der Waals surface area contributed by atoms with Crippen molar-refractivity contribution < 1.29 is 17.9 Å². The van der Waals surface area contributed by atoms with E-state index in [1.54, 1.807) is 24.2 Å². The number of anilines is 1. The molecule has 1 saturated carbocycles. The second kappa shape index (κ2) is 10.4. The number of nitrogens with zero attached hydrogens (tertiary/aromatic N) is 5. The standard InChI is InChI=1S/C26H32N8O4S/c1-37-12-13-38-26(25(28)29)10-8-17(9-11-26)21-22(39(2,35)36)23(27)34-24(32-21)20(15-31-34)18-14-30-33(16-18)19-6-4-3-5-7-19/h3-7,14-17H,8-13,27H2,1-2H3,(H3,28,29)/t17-,26+. The molecular weight excluding hydrogens is 520 g/mol. The highest BCUT2D eigenvalue weighted by Crippen LogP contribution is 2.43. The van der Waals surface area contributed by atoms with E-state index in [1.165, 1.54) is 4.52 Å². The number of fused-ring (bicyclic) bond motifs is 1. The zero-order valence-corrected chi connectivity index (χ0v) is 22.7. The third kappa shape index (κ3) is 5.00. The number of hydrogen-bond acceptors (Lipinski definition) is 9. The monoisotopic (exact) mass is 552 g/mol. The number of para-hydroxylation sites is 1. The Labute approximate surface area is 226 Å². The maximum Gasteiger partial charge on any atom is 0.180 e. The van der Waals surface area contributed by atoms with Crippen molar-refractivity contribution in [3.05, 3.63) is 54.6 Å². The Morgan fingerprint density at radius 1 is 1.15 bits per heavy atom. The normalized spacial score (nSPS) is 19.9. The van der Waals surface area contributed by atoms with E-state index in [1.807, 2.05) is 36.5 Å². The highest BCUT2D eigenvalue weighted by atomic mass is 32.2. The van der Waals surface area contributed by atoms with Crippen molar-refractivity contribution in [1.29, 1.82) is 5.41 Å². The predicted molar refractivity (Wildman–Crippen MR) is 147 cm³/mol. The first-order chi connectivity index (χ1) is 18.6. The van der Waals surface area contributed by atoms with E-state index >= 15 is 0 Å². The van der Waals surface area contributed by atoms with Crippen LogP contribution >= 0.6 is 0 Å². The van der Waals surface area contributed by atoms with Gasteiger partial charge in [0.15, 0.2) is 15.5 Å². The molecule has 3 heterocycles. The first-order valence-electron chi connectivity index (χ1n) is 12.6. The van der Waals surface area contributed by atoms with Gasteiger partial charge in [-0.05, 0) is 37.8 Å². The molecule has 3 aromatic heterocycles. The molecule has 0 spiro atoms. The van der Waals surface area contributed by atoms with Gasteiger partial charge in [-0.2, -0.15) is 14.7 Å². The molecule has 1 fully saturated rings. The minimum Gasteiger partial charge on any atom is -0.385 e. The average Bonchev–Trinajstić information content (AvgIpc) is 3.56. The first-order valence-corrected chi connectivity index (χ1v) is 14.5. The largest absolute Gasteiger partial charge is 0.385 e. The topological polar surface area (TPSA) is 176 Å². The summed E-state index contributed by atoms with van der Waals surface area (Å²) >= 11 is 0. The summed E-state index contributed by atoms with van der Waals surface area (Å²) < 4.78 is 40.1. The molecule has 0 aliphatic heterocycles. The van der Waals surface area contributed by atoms with Crippen LogP contribution in [0.4, 0.5) is 5.82 Å². The molecule has 39 heavy (non-hydrogen) atoms. The van der Waals surface area contributed by atoms with Crippen LogP contribution in [-0.4, -0.2) is 70.8 Å². The quantitative estimate of drug-likeness (QED) is 0.160. The van der Waals surface area contributed by atoms with Gasteiger partial charge < -0.3 is 20.9 Å². The van der Waals surface area contributed by atoms with E-state index < -0.39 is 15.4 Å². The van der Waals surface area contributed by atoms with Gasteiger partial charge in [0.2, 0.25) is 0 Å². The highest BCUT2D eigenvalue weighted by Gasteiger charge is 2.41. The van der Waals surface area contributed by atoms with Crippen LogP contribution in [0, 0.1) is 5.41 Å². The number of sulfone groups is 1. The van der Waals surface area contributed by atoms with Gasteiger partial charge in [-0.25, -0.2) is 18.1 Å². The molecule has 0 unspecified atom stereocenters. The fourth-order valence-corrected chi connectivity index (χ4v) is 6.29. The Kier molecular flexibility index (Phi) is 7.14. The van der Waals surface area contributed by atoms with Gasteiger partial charge in [0.05, 0.1) is 37.0 Å². The van der Waals surface area contributed by atoms with Crippen molar-refractivity contribution in [2.24, 2.45) is 5.73 Å². The Hall–Kier alpha value is -3.81. The number of rotatable bonds is 9. The maximum absolute atomic E-state index is 12.9. The van der Waals surface area contributed by atoms with Crippen molar-refractivity contribution in [3.8, 4) is 16.8 Å². The van der Waals surface area contributed by atoms with Crippen molar-refractivity contribution in [2.75, 3.05) is 32.3 Å². The van der Waals surface area contributed by atoms with Crippen molar-refractivity contribution in [1.82, 2.24) is 24.4 Å². The molecule has 0 radical (unpaired) electrons. The number of aromatic nitrogens is 5. The minimum atomic E-state index is -3.73. The summed E-state index contributed by atoms with van der Waals surface area (Å²) in [6, 6.07) is 9.69. The van der Waals surface area contributed by atoms with Crippen molar-refractivity contribution in [2.45, 2.75) is 42.1 Å². The molecule has 1 aliphatic rings. The molecule has 5 N–H and O–H groups in total. The fraction of sp³-hybridized carbons (Fsp3) is 0.385. The van der Waals surface area contributed by atoms with Gasteiger partial charge in [-0.3, -0.25) is 5.41 Å². The van der Waals surface area contributed by atoms with Gasteiger partial charge in [-0.15, -0.1) is 0 Å². The maximum atomic E-state index is 12.9. The van der Waals surface area contributed by atoms with Crippen LogP contribution < -0.4 is 11.5 Å². The number of nitrogens with one attached hydrogen (secondary N) is 1. The molecule has 0 atom stereocenters. The summed E-state index contributed by atoms with van der Waals surface area (Å²) in [4.78, 5) is 4.85. The molecule has 0 saturated heterocycles. The van der Waals surface area contributed by atoms with E-state index in [0.29, 0.717) is 55.8 Å². The first kappa shape index (κ1) is 26.8. The third-order valence-electron chi connectivity index (χ3n) is 7.29. The van der Waals surface area contributed by atoms with Gasteiger partial charge in [0.25, 0.3) is 0 Å². The molecule has 12 nitrogen and oxygen atoms in total. The molecule has 4 aromatic rings. The lowest BCUT2D eigenvalue weighted by molar-refractivity contribution is -0.0425. The molecule has 206 valence electrons. The van der Waals surface area contributed by atoms with Crippen LogP contribution in [0.5, 0.6) is 0 Å². The Balaban J connectivity index is 1.54. The van der Waals surface area contributed by atoms with Crippen LogP contribution in [-0.2, 0) is 19.3 Å². The van der Waals surface area contributed by atoms with Crippen LogP contribution in [0.25, 0.3) is 22.5 Å². The molecule has 0 amide bonds.